The van der Waals surface area contributed by atoms with Crippen molar-refractivity contribution < 1.29 is 4.42 Å². The summed E-state index contributed by atoms with van der Waals surface area (Å²) in [6.07, 6.45) is 11.6. The molecule has 0 bridgehead atoms. The molecule has 4 nitrogen and oxygen atoms in total. The van der Waals surface area contributed by atoms with Crippen LogP contribution in [0, 0.1) is 0 Å². The van der Waals surface area contributed by atoms with E-state index < -0.39 is 0 Å². The number of para-hydroxylation sites is 1. The highest BCUT2D eigenvalue weighted by Gasteiger charge is 2.59. The van der Waals surface area contributed by atoms with Gasteiger partial charge in [-0.15, -0.1) is 0 Å². The van der Waals surface area contributed by atoms with Gasteiger partial charge in [0.1, 0.15) is 11.2 Å². The van der Waals surface area contributed by atoms with Gasteiger partial charge in [0, 0.05) is 61.7 Å². The van der Waals surface area contributed by atoms with Crippen molar-refractivity contribution in [1.82, 2.24) is 0 Å². The van der Waals surface area contributed by atoms with Crippen LogP contribution in [0.2, 0.25) is 0 Å². The zero-order chi connectivity index (χ0) is 62.3. The summed E-state index contributed by atoms with van der Waals surface area (Å²) in [5, 5.41) is 2.30. The van der Waals surface area contributed by atoms with Gasteiger partial charge in [-0.1, -0.05) is 190 Å². The molecule has 2 atom stereocenters. The van der Waals surface area contributed by atoms with Crippen LogP contribution in [0.5, 0.6) is 0 Å². The van der Waals surface area contributed by atoms with E-state index in [0.29, 0.717) is 0 Å². The molecular formula is C84H94BN3O. The highest BCUT2D eigenvalue weighted by molar-refractivity contribution is 7.00. The molecule has 0 amide bonds. The Hall–Kier alpha value is -6.98. The van der Waals surface area contributed by atoms with E-state index in [0.717, 1.165) is 72.6 Å². The van der Waals surface area contributed by atoms with Gasteiger partial charge < -0.3 is 19.1 Å². The van der Waals surface area contributed by atoms with Crippen molar-refractivity contribution in [2.45, 2.75) is 231 Å². The fraction of sp³-hybridized carbons (Fsp3) is 0.429. The highest BCUT2D eigenvalue weighted by atomic mass is 16.3. The van der Waals surface area contributed by atoms with E-state index in [4.69, 9.17) is 4.42 Å². The fourth-order valence-corrected chi connectivity index (χ4v) is 18.8. The van der Waals surface area contributed by atoms with Crippen LogP contribution in [0.15, 0.2) is 144 Å². The van der Waals surface area contributed by atoms with Crippen molar-refractivity contribution in [3.63, 3.8) is 0 Å². The fourth-order valence-electron chi connectivity index (χ4n) is 18.8. The van der Waals surface area contributed by atoms with Gasteiger partial charge in [0.05, 0.1) is 5.54 Å². The number of fused-ring (bicyclic) bond motifs is 13. The first-order chi connectivity index (χ1) is 41.9. The molecule has 454 valence electrons. The Kier molecular flexibility index (Phi) is 11.8. The predicted molar refractivity (Wildman–Crippen MR) is 381 cm³/mol. The van der Waals surface area contributed by atoms with Crippen molar-refractivity contribution in [2.75, 3.05) is 14.7 Å². The van der Waals surface area contributed by atoms with E-state index in [1.807, 2.05) is 0 Å². The Morgan fingerprint density at radius 1 is 0.371 bits per heavy atom. The van der Waals surface area contributed by atoms with Crippen LogP contribution in [-0.2, 0) is 43.3 Å². The van der Waals surface area contributed by atoms with Crippen LogP contribution in [0.3, 0.4) is 0 Å². The molecule has 0 saturated heterocycles. The summed E-state index contributed by atoms with van der Waals surface area (Å²) in [4.78, 5) is 8.42. The Morgan fingerprint density at radius 2 is 0.854 bits per heavy atom. The Bertz CT molecular complexity index is 4500. The summed E-state index contributed by atoms with van der Waals surface area (Å²) in [6, 6.07) is 56.7. The first kappa shape index (κ1) is 57.2. The summed E-state index contributed by atoms with van der Waals surface area (Å²) in [5.41, 5.74) is 30.7. The number of benzene rings is 8. The number of hydrogen-bond acceptors (Lipinski definition) is 4. The third-order valence-corrected chi connectivity index (χ3v) is 25.2. The smallest absolute Gasteiger partial charge is 0.252 e. The van der Waals surface area contributed by atoms with Crippen LogP contribution in [-0.4, -0.2) is 12.3 Å². The number of rotatable bonds is 4. The van der Waals surface area contributed by atoms with Crippen molar-refractivity contribution in [3.05, 3.63) is 184 Å². The van der Waals surface area contributed by atoms with Gasteiger partial charge >= 0.3 is 0 Å². The van der Waals surface area contributed by atoms with Gasteiger partial charge in [-0.05, 0) is 241 Å². The van der Waals surface area contributed by atoms with Crippen LogP contribution in [0.25, 0.3) is 33.1 Å². The molecule has 1 aromatic heterocycles. The van der Waals surface area contributed by atoms with E-state index in [1.165, 1.54) is 131 Å². The molecule has 9 aromatic rings. The number of hydrogen-bond donors (Lipinski definition) is 0. The normalized spacial score (nSPS) is 23.4. The molecule has 5 heteroatoms. The molecule has 2 unspecified atom stereocenters. The summed E-state index contributed by atoms with van der Waals surface area (Å²) in [7, 11) is 0. The van der Waals surface area contributed by atoms with Gasteiger partial charge in [-0.3, -0.25) is 0 Å². The standard InChI is InChI=1S/C84H94BN3O/c1-76(2,3)53-27-24-51(25-28-53)52-26-32-68-65(42-52)83(16)34-20-21-35-84(83,17)88(68)56-45-71-75-72(46-56)87(55-29-31-59-60(44-55)78(6,7)37-36-77(59,4)5)70-50-64-62(80(10,11)39-41-82(64,14)15)48-67(70)85(75)66-47-61-63(81(12,13)40-38-79(61,8)9)49-69(66)86(71)54-30-33-74-58(43-54)57-22-18-19-23-73(57)89-74/h18-19,22-33,42-50H,20-21,34-41H2,1-17H3. The lowest BCUT2D eigenvalue weighted by molar-refractivity contribution is 0.195. The molecule has 7 aliphatic rings. The second-order valence-corrected chi connectivity index (χ2v) is 34.4. The summed E-state index contributed by atoms with van der Waals surface area (Å²) < 4.78 is 6.68. The van der Waals surface area contributed by atoms with Gasteiger partial charge in [-0.2, -0.15) is 0 Å². The molecule has 0 N–H and O–H groups in total. The van der Waals surface area contributed by atoms with Gasteiger partial charge in [0.2, 0.25) is 0 Å². The molecule has 89 heavy (non-hydrogen) atoms. The zero-order valence-electron chi connectivity index (χ0n) is 56.7. The second-order valence-electron chi connectivity index (χ2n) is 34.4. The first-order valence-corrected chi connectivity index (χ1v) is 34.2. The summed E-state index contributed by atoms with van der Waals surface area (Å²) in [5.74, 6) is 0. The monoisotopic (exact) mass is 1170 g/mol. The van der Waals surface area contributed by atoms with E-state index in [1.54, 1.807) is 0 Å². The zero-order valence-corrected chi connectivity index (χ0v) is 56.7. The molecule has 4 heterocycles. The molecule has 1 saturated carbocycles. The maximum absolute atomic E-state index is 6.68. The largest absolute Gasteiger partial charge is 0.456 e. The topological polar surface area (TPSA) is 22.9 Å². The van der Waals surface area contributed by atoms with Crippen LogP contribution >= 0.6 is 0 Å². The molecule has 4 aliphatic carbocycles. The van der Waals surface area contributed by atoms with Gasteiger partial charge in [0.25, 0.3) is 6.71 Å². The molecule has 8 aromatic carbocycles. The van der Waals surface area contributed by atoms with E-state index >= 15 is 0 Å². The molecular weight excluding hydrogens is 1080 g/mol. The van der Waals surface area contributed by atoms with Gasteiger partial charge in [0.15, 0.2) is 0 Å². The minimum atomic E-state index is -0.211. The Morgan fingerprint density at radius 3 is 1.43 bits per heavy atom. The maximum atomic E-state index is 6.68. The van der Waals surface area contributed by atoms with Gasteiger partial charge in [-0.25, -0.2) is 0 Å². The second kappa shape index (κ2) is 18.4. The minimum Gasteiger partial charge on any atom is -0.456 e. The summed E-state index contributed by atoms with van der Waals surface area (Å²) in [6.45, 7) is 42.3. The number of anilines is 8. The molecule has 1 fully saturated rings. The predicted octanol–water partition coefficient (Wildman–Crippen LogP) is 21.4. The Labute approximate surface area is 532 Å². The lowest BCUT2D eigenvalue weighted by atomic mass is 9.32. The van der Waals surface area contributed by atoms with E-state index in [-0.39, 0.29) is 55.6 Å². The van der Waals surface area contributed by atoms with Crippen molar-refractivity contribution >= 4 is 90.5 Å². The first-order valence-electron chi connectivity index (χ1n) is 34.2. The molecule has 0 radical (unpaired) electrons. The third kappa shape index (κ3) is 8.09. The van der Waals surface area contributed by atoms with Crippen molar-refractivity contribution in [2.24, 2.45) is 0 Å². The average molecular weight is 1170 g/mol. The number of nitrogens with zero attached hydrogens (tertiary/aromatic N) is 3. The summed E-state index contributed by atoms with van der Waals surface area (Å²) >= 11 is 0. The molecule has 3 aliphatic heterocycles. The third-order valence-electron chi connectivity index (χ3n) is 25.2. The average Bonchev–Trinajstić information content (AvgIpc) is 1.62. The maximum Gasteiger partial charge on any atom is 0.252 e. The molecule has 16 rings (SSSR count). The minimum absolute atomic E-state index is 0.000661. The van der Waals surface area contributed by atoms with E-state index in [2.05, 4.69) is 272 Å². The van der Waals surface area contributed by atoms with Crippen molar-refractivity contribution in [3.8, 4) is 11.1 Å². The van der Waals surface area contributed by atoms with Crippen LogP contribution in [0.4, 0.5) is 45.5 Å². The highest BCUT2D eigenvalue weighted by Crippen LogP contribution is 2.63. The number of furan rings is 1. The lowest BCUT2D eigenvalue weighted by Crippen LogP contribution is -2.62. The lowest BCUT2D eigenvalue weighted by Gasteiger charge is -2.52. The Balaban J connectivity index is 1.04. The van der Waals surface area contributed by atoms with E-state index in [9.17, 15) is 0 Å². The quantitative estimate of drug-likeness (QED) is 0.164. The SMILES string of the molecule is CC(C)(C)c1ccc(-c2ccc3c(c2)C2(C)CCCCC2(C)N3c2cc3c4c(c2)N(c2ccc5oc6ccccc6c5c2)c2cc5c(cc2B4c2cc4c(cc2N3c2ccc3c(c2)C(C)(C)CCC3(C)C)C(C)(C)CCC4(C)C)C(C)(C)CCC5(C)C)cc1. The van der Waals surface area contributed by atoms with Crippen LogP contribution in [0.1, 0.15) is 226 Å². The van der Waals surface area contributed by atoms with Crippen LogP contribution < -0.4 is 31.1 Å². The van der Waals surface area contributed by atoms with Crippen molar-refractivity contribution in [1.29, 1.82) is 0 Å². The molecule has 0 spiro atoms.